The van der Waals surface area contributed by atoms with E-state index in [-0.39, 0.29) is 17.5 Å². The summed E-state index contributed by atoms with van der Waals surface area (Å²) >= 11 is 5.67. The van der Waals surface area contributed by atoms with E-state index in [9.17, 15) is 9.18 Å². The number of carbonyl (C=O) groups excluding carboxylic acids is 1. The molecule has 1 aromatic rings. The van der Waals surface area contributed by atoms with Gasteiger partial charge in [0.05, 0.1) is 5.02 Å². The summed E-state index contributed by atoms with van der Waals surface area (Å²) in [5.74, 6) is -0.145. The van der Waals surface area contributed by atoms with E-state index in [0.717, 1.165) is 39.1 Å². The minimum absolute atomic E-state index is 0.00636. The second-order valence-electron chi connectivity index (χ2n) is 5.09. The normalized spacial score (nSPS) is 16.0. The van der Waals surface area contributed by atoms with Crippen LogP contribution >= 0.6 is 11.6 Å². The molecular formula is C15H20ClFN2O2. The summed E-state index contributed by atoms with van der Waals surface area (Å²) in [6.07, 6.45) is 1.13. The van der Waals surface area contributed by atoms with E-state index >= 15 is 0 Å². The van der Waals surface area contributed by atoms with Crippen molar-refractivity contribution in [2.75, 3.05) is 39.3 Å². The van der Waals surface area contributed by atoms with E-state index in [4.69, 9.17) is 16.3 Å². The molecule has 0 aromatic heterocycles. The molecule has 1 saturated heterocycles. The number of piperazine rings is 1. The van der Waals surface area contributed by atoms with Crippen molar-refractivity contribution in [3.05, 3.63) is 29.0 Å². The van der Waals surface area contributed by atoms with Crippen LogP contribution in [0.5, 0.6) is 5.75 Å². The number of amides is 1. The van der Waals surface area contributed by atoms with Crippen molar-refractivity contribution >= 4 is 17.5 Å². The molecular weight excluding hydrogens is 295 g/mol. The van der Waals surface area contributed by atoms with Crippen LogP contribution in [0.3, 0.4) is 0 Å². The monoisotopic (exact) mass is 314 g/mol. The predicted octanol–water partition coefficient (Wildman–Crippen LogP) is 2.41. The summed E-state index contributed by atoms with van der Waals surface area (Å²) in [7, 11) is 0. The lowest BCUT2D eigenvalue weighted by atomic mass is 10.3. The second kappa shape index (κ2) is 7.61. The minimum atomic E-state index is -0.498. The van der Waals surface area contributed by atoms with Crippen LogP contribution in [0, 0.1) is 5.82 Å². The third kappa shape index (κ3) is 4.58. The number of nitrogens with zero attached hydrogens (tertiary/aromatic N) is 2. The molecule has 1 aliphatic heterocycles. The maximum Gasteiger partial charge on any atom is 0.260 e. The molecule has 0 saturated carbocycles. The standard InChI is InChI=1S/C15H20ClFN2O2/c1-2-5-18-6-8-19(9-7-18)15(20)11-21-12-3-4-14(17)13(16)10-12/h3-4,10H,2,5-9,11H2,1H3. The Bertz CT molecular complexity index is 491. The lowest BCUT2D eigenvalue weighted by Gasteiger charge is -2.34. The lowest BCUT2D eigenvalue weighted by Crippen LogP contribution is -2.50. The largest absolute Gasteiger partial charge is 0.484 e. The molecule has 6 heteroatoms. The van der Waals surface area contributed by atoms with Crippen LogP contribution in [0.4, 0.5) is 4.39 Å². The van der Waals surface area contributed by atoms with Crippen LogP contribution < -0.4 is 4.74 Å². The number of halogens is 2. The topological polar surface area (TPSA) is 32.8 Å². The Kier molecular flexibility index (Phi) is 5.82. The van der Waals surface area contributed by atoms with Gasteiger partial charge in [-0.25, -0.2) is 4.39 Å². The zero-order valence-electron chi connectivity index (χ0n) is 12.1. The van der Waals surface area contributed by atoms with Gasteiger partial charge in [-0.05, 0) is 25.1 Å². The molecule has 0 spiro atoms. The van der Waals surface area contributed by atoms with Crippen LogP contribution in [0.15, 0.2) is 18.2 Å². The average molecular weight is 315 g/mol. The first kappa shape index (κ1) is 16.0. The van der Waals surface area contributed by atoms with Crippen molar-refractivity contribution in [2.45, 2.75) is 13.3 Å². The summed E-state index contributed by atoms with van der Waals surface area (Å²) in [6.45, 7) is 6.45. The Hall–Kier alpha value is -1.33. The number of carbonyl (C=O) groups is 1. The third-order valence-electron chi connectivity index (χ3n) is 3.52. The number of ether oxygens (including phenoxy) is 1. The molecule has 21 heavy (non-hydrogen) atoms. The molecule has 1 aromatic carbocycles. The van der Waals surface area contributed by atoms with Crippen molar-refractivity contribution in [1.29, 1.82) is 0 Å². The number of rotatable bonds is 5. The maximum atomic E-state index is 13.0. The number of hydrogen-bond acceptors (Lipinski definition) is 3. The van der Waals surface area contributed by atoms with E-state index in [0.29, 0.717) is 5.75 Å². The van der Waals surface area contributed by atoms with Gasteiger partial charge in [0, 0.05) is 32.2 Å². The van der Waals surface area contributed by atoms with Gasteiger partial charge in [0.1, 0.15) is 11.6 Å². The average Bonchev–Trinajstić information content (AvgIpc) is 2.49. The SMILES string of the molecule is CCCN1CCN(C(=O)COc2ccc(F)c(Cl)c2)CC1. The van der Waals surface area contributed by atoms with E-state index < -0.39 is 5.82 Å². The molecule has 0 radical (unpaired) electrons. The molecule has 0 unspecified atom stereocenters. The van der Waals surface area contributed by atoms with Crippen molar-refractivity contribution in [3.8, 4) is 5.75 Å². The van der Waals surface area contributed by atoms with Gasteiger partial charge in [-0.3, -0.25) is 9.69 Å². The predicted molar refractivity (Wildman–Crippen MR) is 80.2 cm³/mol. The highest BCUT2D eigenvalue weighted by molar-refractivity contribution is 6.30. The zero-order chi connectivity index (χ0) is 15.2. The fraction of sp³-hybridized carbons (Fsp3) is 0.533. The van der Waals surface area contributed by atoms with Gasteiger partial charge in [0.25, 0.3) is 5.91 Å². The van der Waals surface area contributed by atoms with Gasteiger partial charge in [-0.2, -0.15) is 0 Å². The maximum absolute atomic E-state index is 13.0. The van der Waals surface area contributed by atoms with Crippen molar-refractivity contribution < 1.29 is 13.9 Å². The molecule has 1 aliphatic rings. The van der Waals surface area contributed by atoms with Gasteiger partial charge < -0.3 is 9.64 Å². The molecule has 116 valence electrons. The smallest absolute Gasteiger partial charge is 0.260 e. The Labute approximate surface area is 129 Å². The van der Waals surface area contributed by atoms with Gasteiger partial charge in [-0.1, -0.05) is 18.5 Å². The Balaban J connectivity index is 1.78. The molecule has 1 heterocycles. The molecule has 0 atom stereocenters. The first-order valence-electron chi connectivity index (χ1n) is 7.18. The van der Waals surface area contributed by atoms with Crippen LogP contribution in [0.1, 0.15) is 13.3 Å². The van der Waals surface area contributed by atoms with Gasteiger partial charge in [0.2, 0.25) is 0 Å². The van der Waals surface area contributed by atoms with Gasteiger partial charge in [-0.15, -0.1) is 0 Å². The third-order valence-corrected chi connectivity index (χ3v) is 3.81. The zero-order valence-corrected chi connectivity index (χ0v) is 12.9. The van der Waals surface area contributed by atoms with Crippen LogP contribution in [-0.4, -0.2) is 55.0 Å². The summed E-state index contributed by atoms with van der Waals surface area (Å²) in [4.78, 5) is 16.2. The number of benzene rings is 1. The van der Waals surface area contributed by atoms with Crippen LogP contribution in [0.25, 0.3) is 0 Å². The highest BCUT2D eigenvalue weighted by Gasteiger charge is 2.20. The van der Waals surface area contributed by atoms with Crippen molar-refractivity contribution in [2.24, 2.45) is 0 Å². The highest BCUT2D eigenvalue weighted by Crippen LogP contribution is 2.21. The summed E-state index contributed by atoms with van der Waals surface area (Å²) in [5, 5.41) is -0.00636. The Morgan fingerprint density at radius 2 is 2.05 bits per heavy atom. The van der Waals surface area contributed by atoms with Gasteiger partial charge >= 0.3 is 0 Å². The van der Waals surface area contributed by atoms with E-state index in [2.05, 4.69) is 11.8 Å². The summed E-state index contributed by atoms with van der Waals surface area (Å²) in [6, 6.07) is 4.07. The molecule has 0 aliphatic carbocycles. The first-order valence-corrected chi connectivity index (χ1v) is 7.56. The quantitative estimate of drug-likeness (QED) is 0.837. The van der Waals surface area contributed by atoms with Crippen LogP contribution in [0.2, 0.25) is 5.02 Å². The van der Waals surface area contributed by atoms with Crippen LogP contribution in [-0.2, 0) is 4.79 Å². The van der Waals surface area contributed by atoms with E-state index in [1.807, 2.05) is 0 Å². The molecule has 0 bridgehead atoms. The fourth-order valence-corrected chi connectivity index (χ4v) is 2.51. The molecule has 0 N–H and O–H groups in total. The van der Waals surface area contributed by atoms with Crippen molar-refractivity contribution in [3.63, 3.8) is 0 Å². The Morgan fingerprint density at radius 1 is 1.33 bits per heavy atom. The summed E-state index contributed by atoms with van der Waals surface area (Å²) in [5.41, 5.74) is 0. The van der Waals surface area contributed by atoms with E-state index in [1.54, 1.807) is 4.90 Å². The first-order chi connectivity index (χ1) is 10.1. The van der Waals surface area contributed by atoms with Crippen molar-refractivity contribution in [1.82, 2.24) is 9.80 Å². The highest BCUT2D eigenvalue weighted by atomic mass is 35.5. The van der Waals surface area contributed by atoms with Gasteiger partial charge in [0.15, 0.2) is 6.61 Å². The number of hydrogen-bond donors (Lipinski definition) is 0. The van der Waals surface area contributed by atoms with E-state index in [1.165, 1.54) is 18.2 Å². The molecule has 4 nitrogen and oxygen atoms in total. The second-order valence-corrected chi connectivity index (χ2v) is 5.49. The summed E-state index contributed by atoms with van der Waals surface area (Å²) < 4.78 is 18.4. The lowest BCUT2D eigenvalue weighted by molar-refractivity contribution is -0.135. The Morgan fingerprint density at radius 3 is 2.67 bits per heavy atom. The minimum Gasteiger partial charge on any atom is -0.484 e. The molecule has 1 amide bonds. The molecule has 1 fully saturated rings. The molecule has 2 rings (SSSR count). The fourth-order valence-electron chi connectivity index (χ4n) is 2.34.